The Kier molecular flexibility index (Phi) is 5.47. The first-order valence-electron chi connectivity index (χ1n) is 10.5. The number of fused-ring (bicyclic) bond motifs is 3. The first-order valence-corrected chi connectivity index (χ1v) is 11.3. The summed E-state index contributed by atoms with van der Waals surface area (Å²) in [5, 5.41) is 4.16. The van der Waals surface area contributed by atoms with Crippen molar-refractivity contribution in [1.29, 1.82) is 0 Å². The summed E-state index contributed by atoms with van der Waals surface area (Å²) in [6, 6.07) is 3.97. The normalized spacial score (nSPS) is 20.8. The lowest BCUT2D eigenvalue weighted by atomic mass is 9.71. The predicted molar refractivity (Wildman–Crippen MR) is 120 cm³/mol. The molecule has 162 valence electrons. The Morgan fingerprint density at radius 2 is 1.70 bits per heavy atom. The van der Waals surface area contributed by atoms with Gasteiger partial charge in [0.15, 0.2) is 11.5 Å². The van der Waals surface area contributed by atoms with Crippen LogP contribution in [0.4, 0.5) is 5.00 Å². The van der Waals surface area contributed by atoms with Crippen LogP contribution in [0.1, 0.15) is 61.1 Å². The molecule has 1 aromatic carbocycles. The Balaban J connectivity index is 1.80. The highest BCUT2D eigenvalue weighted by molar-refractivity contribution is 7.16. The molecule has 30 heavy (non-hydrogen) atoms. The second-order valence-electron chi connectivity index (χ2n) is 9.32. The lowest BCUT2D eigenvalue weighted by molar-refractivity contribution is -0.116. The van der Waals surface area contributed by atoms with E-state index in [4.69, 9.17) is 14.2 Å². The van der Waals surface area contributed by atoms with E-state index in [1.165, 1.54) is 22.4 Å². The highest BCUT2D eigenvalue weighted by Crippen LogP contribution is 2.51. The van der Waals surface area contributed by atoms with Crippen LogP contribution in [0.25, 0.3) is 0 Å². The zero-order valence-corrected chi connectivity index (χ0v) is 19.5. The molecule has 2 atom stereocenters. The van der Waals surface area contributed by atoms with Crippen LogP contribution in [0.3, 0.4) is 0 Å². The molecule has 1 N–H and O–H groups in total. The van der Waals surface area contributed by atoms with Crippen molar-refractivity contribution < 1.29 is 19.0 Å². The molecule has 2 unspecified atom stereocenters. The van der Waals surface area contributed by atoms with Gasteiger partial charge in [0, 0.05) is 17.2 Å². The molecular formula is C24H31NO4S. The molecule has 6 heteroatoms. The van der Waals surface area contributed by atoms with Gasteiger partial charge in [0.1, 0.15) is 0 Å². The molecule has 0 bridgehead atoms. The second kappa shape index (κ2) is 7.80. The Hall–Kier alpha value is -2.21. The quantitative estimate of drug-likeness (QED) is 0.707. The van der Waals surface area contributed by atoms with Gasteiger partial charge in [-0.25, -0.2) is 0 Å². The average Bonchev–Trinajstić information content (AvgIpc) is 3.08. The van der Waals surface area contributed by atoms with E-state index in [0.717, 1.165) is 23.4 Å². The van der Waals surface area contributed by atoms with E-state index in [9.17, 15) is 4.79 Å². The van der Waals surface area contributed by atoms with Crippen LogP contribution < -0.4 is 19.5 Å². The molecule has 2 aliphatic rings. The molecule has 0 saturated carbocycles. The Bertz CT molecular complexity index is 947. The van der Waals surface area contributed by atoms with Crippen molar-refractivity contribution >= 4 is 22.2 Å². The van der Waals surface area contributed by atoms with Crippen LogP contribution in [-0.2, 0) is 17.6 Å². The fourth-order valence-electron chi connectivity index (χ4n) is 4.86. The Labute approximate surface area is 182 Å². The van der Waals surface area contributed by atoms with Gasteiger partial charge in [0.05, 0.1) is 26.3 Å². The Morgan fingerprint density at radius 3 is 2.27 bits per heavy atom. The second-order valence-corrected chi connectivity index (χ2v) is 10.4. The monoisotopic (exact) mass is 429 g/mol. The first-order chi connectivity index (χ1) is 14.3. The number of methoxy groups -OCH3 is 3. The van der Waals surface area contributed by atoms with Gasteiger partial charge in [-0.3, -0.25) is 4.79 Å². The van der Waals surface area contributed by atoms with Gasteiger partial charge < -0.3 is 19.5 Å². The maximum atomic E-state index is 12.6. The van der Waals surface area contributed by atoms with Gasteiger partial charge >= 0.3 is 0 Å². The summed E-state index contributed by atoms with van der Waals surface area (Å²) in [6.07, 6.45) is 3.78. The number of ether oxygens (including phenoxy) is 3. The molecule has 1 aliphatic heterocycles. The third-order valence-corrected chi connectivity index (χ3v) is 7.80. The highest BCUT2D eigenvalue weighted by Gasteiger charge is 2.37. The summed E-state index contributed by atoms with van der Waals surface area (Å²) < 4.78 is 16.6. The highest BCUT2D eigenvalue weighted by atomic mass is 32.1. The number of amides is 1. The van der Waals surface area contributed by atoms with Crippen LogP contribution >= 0.6 is 11.3 Å². The van der Waals surface area contributed by atoms with Gasteiger partial charge in [-0.2, -0.15) is 0 Å². The number of anilines is 1. The maximum absolute atomic E-state index is 12.6. The van der Waals surface area contributed by atoms with E-state index < -0.39 is 0 Å². The third-order valence-electron chi connectivity index (χ3n) is 6.61. The largest absolute Gasteiger partial charge is 0.493 e. The van der Waals surface area contributed by atoms with Gasteiger partial charge in [0.2, 0.25) is 11.7 Å². The van der Waals surface area contributed by atoms with Crippen molar-refractivity contribution in [1.82, 2.24) is 0 Å². The van der Waals surface area contributed by atoms with Crippen molar-refractivity contribution in [3.8, 4) is 17.2 Å². The standard InChI is InChI=1S/C24H31NO4S/c1-24(2,3)14-7-8-15-19(11-14)30-23-21(15)16(12-20(26)25-23)13-9-17(27-4)22(29-6)18(10-13)28-5/h9-10,14,16H,7-8,11-12H2,1-6H3,(H,25,26). The van der Waals surface area contributed by atoms with E-state index in [-0.39, 0.29) is 11.8 Å². The van der Waals surface area contributed by atoms with Crippen LogP contribution in [0.5, 0.6) is 17.2 Å². The minimum Gasteiger partial charge on any atom is -0.493 e. The van der Waals surface area contributed by atoms with E-state index >= 15 is 0 Å². The maximum Gasteiger partial charge on any atom is 0.225 e. The summed E-state index contributed by atoms with van der Waals surface area (Å²) in [4.78, 5) is 14.0. The van der Waals surface area contributed by atoms with Crippen molar-refractivity contribution in [3.05, 3.63) is 33.7 Å². The third kappa shape index (κ3) is 3.55. The number of benzene rings is 1. The number of hydrogen-bond donors (Lipinski definition) is 1. The number of rotatable bonds is 4. The van der Waals surface area contributed by atoms with Crippen molar-refractivity contribution in [2.45, 2.75) is 52.4 Å². The number of thiophene rings is 1. The predicted octanol–water partition coefficient (Wildman–Crippen LogP) is 5.40. The summed E-state index contributed by atoms with van der Waals surface area (Å²) in [7, 11) is 4.85. The molecule has 0 fully saturated rings. The lowest BCUT2D eigenvalue weighted by Gasteiger charge is -2.34. The molecule has 5 nitrogen and oxygen atoms in total. The zero-order chi connectivity index (χ0) is 21.6. The smallest absolute Gasteiger partial charge is 0.225 e. The van der Waals surface area contributed by atoms with Crippen molar-refractivity contribution in [3.63, 3.8) is 0 Å². The molecule has 0 radical (unpaired) electrons. The molecule has 0 spiro atoms. The number of carbonyl (C=O) groups excluding carboxylic acids is 1. The van der Waals surface area contributed by atoms with Gasteiger partial charge in [-0.15, -0.1) is 11.3 Å². The molecular weight excluding hydrogens is 398 g/mol. The fourth-order valence-corrected chi connectivity index (χ4v) is 6.27. The van der Waals surface area contributed by atoms with E-state index in [1.807, 2.05) is 12.1 Å². The summed E-state index contributed by atoms with van der Waals surface area (Å²) in [6.45, 7) is 6.99. The van der Waals surface area contributed by atoms with Crippen molar-refractivity contribution in [2.75, 3.05) is 26.6 Å². The molecule has 1 aliphatic carbocycles. The zero-order valence-electron chi connectivity index (χ0n) is 18.7. The lowest BCUT2D eigenvalue weighted by Crippen LogP contribution is -2.27. The van der Waals surface area contributed by atoms with E-state index in [1.54, 1.807) is 32.7 Å². The van der Waals surface area contributed by atoms with Crippen LogP contribution in [0.2, 0.25) is 0 Å². The average molecular weight is 430 g/mol. The number of hydrogen-bond acceptors (Lipinski definition) is 5. The topological polar surface area (TPSA) is 56.8 Å². The molecule has 2 aromatic rings. The van der Waals surface area contributed by atoms with E-state index in [2.05, 4.69) is 26.1 Å². The summed E-state index contributed by atoms with van der Waals surface area (Å²) in [5.41, 5.74) is 4.05. The molecule has 0 saturated heterocycles. The van der Waals surface area contributed by atoms with Crippen molar-refractivity contribution in [2.24, 2.45) is 11.3 Å². The van der Waals surface area contributed by atoms with Gasteiger partial charge in [-0.1, -0.05) is 20.8 Å². The first kappa shape index (κ1) is 21.0. The van der Waals surface area contributed by atoms with Crippen LogP contribution in [0.15, 0.2) is 12.1 Å². The number of nitrogens with one attached hydrogen (secondary N) is 1. The fraction of sp³-hybridized carbons (Fsp3) is 0.542. The summed E-state index contributed by atoms with van der Waals surface area (Å²) in [5.74, 6) is 2.54. The van der Waals surface area contributed by atoms with E-state index in [0.29, 0.717) is 35.0 Å². The SMILES string of the molecule is COc1cc(C2CC(=O)Nc3sc4c(c32)CCC(C(C)(C)C)C4)cc(OC)c1OC. The summed E-state index contributed by atoms with van der Waals surface area (Å²) >= 11 is 1.77. The molecule has 2 heterocycles. The minimum atomic E-state index is -0.00589. The molecule has 1 aromatic heterocycles. The molecule has 1 amide bonds. The van der Waals surface area contributed by atoms with Crippen LogP contribution in [-0.4, -0.2) is 27.2 Å². The van der Waals surface area contributed by atoms with Crippen LogP contribution in [0, 0.1) is 11.3 Å². The number of carbonyl (C=O) groups is 1. The molecule has 4 rings (SSSR count). The van der Waals surface area contributed by atoms with Gasteiger partial charge in [-0.05, 0) is 59.4 Å². The Morgan fingerprint density at radius 1 is 1.03 bits per heavy atom. The minimum absolute atomic E-state index is 0.00589. The van der Waals surface area contributed by atoms with Gasteiger partial charge in [0.25, 0.3) is 0 Å².